The van der Waals surface area contributed by atoms with Crippen LogP contribution in [-0.4, -0.2) is 55.5 Å². The van der Waals surface area contributed by atoms with Gasteiger partial charge in [-0.25, -0.2) is 0 Å². The predicted molar refractivity (Wildman–Crippen MR) is 56.9 cm³/mol. The van der Waals surface area contributed by atoms with Crippen molar-refractivity contribution >= 4 is 11.7 Å². The van der Waals surface area contributed by atoms with E-state index in [1.54, 1.807) is 0 Å². The lowest BCUT2D eigenvalue weighted by Crippen LogP contribution is -2.48. The van der Waals surface area contributed by atoms with Gasteiger partial charge in [0.1, 0.15) is 18.0 Å². The van der Waals surface area contributed by atoms with Crippen LogP contribution in [0.1, 0.15) is 13.3 Å². The van der Waals surface area contributed by atoms with Crippen molar-refractivity contribution in [3.63, 3.8) is 0 Å². The molecule has 2 aliphatic heterocycles. The number of hydrogen-bond acceptors (Lipinski definition) is 4. The third kappa shape index (κ3) is 2.18. The minimum Gasteiger partial charge on any atom is -0.368 e. The molecule has 0 bridgehead atoms. The van der Waals surface area contributed by atoms with Gasteiger partial charge in [0.2, 0.25) is 5.91 Å². The standard InChI is InChI=1S/C10H17N3O2/c1-3-7-10(14)12-9(11-7)8-6-13(2)4-5-15-8/h7-8H,3-6H2,1-2H3,(H,11,12,14). The van der Waals surface area contributed by atoms with Gasteiger partial charge < -0.3 is 15.0 Å². The Morgan fingerprint density at radius 3 is 3.07 bits per heavy atom. The molecule has 2 rings (SSSR count). The van der Waals surface area contributed by atoms with E-state index < -0.39 is 0 Å². The number of hydrogen-bond donors (Lipinski definition) is 1. The molecule has 15 heavy (non-hydrogen) atoms. The first kappa shape index (κ1) is 10.6. The fourth-order valence-electron chi connectivity index (χ4n) is 1.85. The number of aliphatic imine (C=N–C) groups is 1. The first-order valence-corrected chi connectivity index (χ1v) is 5.39. The van der Waals surface area contributed by atoms with Crippen molar-refractivity contribution in [3.05, 3.63) is 0 Å². The molecule has 0 spiro atoms. The average molecular weight is 211 g/mol. The van der Waals surface area contributed by atoms with Gasteiger partial charge in [-0.1, -0.05) is 6.92 Å². The molecule has 1 N–H and O–H groups in total. The minimum absolute atomic E-state index is 0.00401. The fourth-order valence-corrected chi connectivity index (χ4v) is 1.85. The van der Waals surface area contributed by atoms with Crippen LogP contribution in [0.4, 0.5) is 0 Å². The predicted octanol–water partition coefficient (Wildman–Crippen LogP) is -0.376. The Morgan fingerprint density at radius 2 is 2.47 bits per heavy atom. The average Bonchev–Trinajstić information content (AvgIpc) is 2.60. The van der Waals surface area contributed by atoms with Crippen molar-refractivity contribution in [1.29, 1.82) is 0 Å². The summed E-state index contributed by atoms with van der Waals surface area (Å²) in [6.07, 6.45) is 0.682. The Hall–Kier alpha value is -0.940. The second-order valence-electron chi connectivity index (χ2n) is 4.05. The Bertz CT molecular complexity index is 290. The Morgan fingerprint density at radius 1 is 1.67 bits per heavy atom. The van der Waals surface area contributed by atoms with E-state index in [9.17, 15) is 4.79 Å². The van der Waals surface area contributed by atoms with Crippen molar-refractivity contribution in [1.82, 2.24) is 10.2 Å². The van der Waals surface area contributed by atoms with Gasteiger partial charge in [-0.15, -0.1) is 0 Å². The fraction of sp³-hybridized carbons (Fsp3) is 0.800. The molecular weight excluding hydrogens is 194 g/mol. The smallest absolute Gasteiger partial charge is 0.250 e. The maximum absolute atomic E-state index is 11.4. The van der Waals surface area contributed by atoms with Gasteiger partial charge in [0.25, 0.3) is 0 Å². The molecule has 2 unspecified atom stereocenters. The molecule has 1 fully saturated rings. The van der Waals surface area contributed by atoms with Gasteiger partial charge in [0, 0.05) is 13.1 Å². The van der Waals surface area contributed by atoms with E-state index >= 15 is 0 Å². The number of morpholine rings is 1. The normalized spacial score (nSPS) is 32.7. The molecule has 2 aliphatic rings. The number of likely N-dealkylation sites (N-methyl/N-ethyl adjacent to an activating group) is 1. The molecule has 84 valence electrons. The highest BCUT2D eigenvalue weighted by atomic mass is 16.5. The molecule has 0 aromatic heterocycles. The number of rotatable bonds is 2. The second-order valence-corrected chi connectivity index (χ2v) is 4.05. The van der Waals surface area contributed by atoms with Crippen LogP contribution in [0.25, 0.3) is 0 Å². The number of amidine groups is 1. The molecule has 5 nitrogen and oxygen atoms in total. The van der Waals surface area contributed by atoms with Crippen LogP contribution in [0.15, 0.2) is 4.99 Å². The first-order chi connectivity index (χ1) is 7.20. The van der Waals surface area contributed by atoms with Crippen molar-refractivity contribution in [3.8, 4) is 0 Å². The quantitative estimate of drug-likeness (QED) is 0.677. The second kappa shape index (κ2) is 4.28. The third-order valence-corrected chi connectivity index (χ3v) is 2.81. The summed E-state index contributed by atoms with van der Waals surface area (Å²) in [7, 11) is 2.05. The number of carbonyl (C=O) groups is 1. The summed E-state index contributed by atoms with van der Waals surface area (Å²) in [5.74, 6) is 0.711. The van der Waals surface area contributed by atoms with Crippen molar-refractivity contribution in [2.24, 2.45) is 4.99 Å². The van der Waals surface area contributed by atoms with E-state index in [1.165, 1.54) is 0 Å². The summed E-state index contributed by atoms with van der Waals surface area (Å²) >= 11 is 0. The third-order valence-electron chi connectivity index (χ3n) is 2.81. The highest BCUT2D eigenvalue weighted by molar-refractivity contribution is 6.07. The van der Waals surface area contributed by atoms with Crippen LogP contribution in [0.2, 0.25) is 0 Å². The summed E-state index contributed by atoms with van der Waals surface area (Å²) in [5, 5.41) is 2.80. The minimum atomic E-state index is -0.212. The van der Waals surface area contributed by atoms with Gasteiger partial charge in [0.15, 0.2) is 0 Å². The lowest BCUT2D eigenvalue weighted by molar-refractivity contribution is -0.120. The molecule has 2 heterocycles. The summed E-state index contributed by atoms with van der Waals surface area (Å²) in [6.45, 7) is 4.40. The van der Waals surface area contributed by atoms with Crippen LogP contribution in [0.3, 0.4) is 0 Å². The molecule has 1 saturated heterocycles. The molecule has 0 radical (unpaired) electrons. The topological polar surface area (TPSA) is 53.9 Å². The SMILES string of the molecule is CCC1N=C(C2CN(C)CCO2)NC1=O. The molecule has 0 aromatic rings. The molecule has 1 amide bonds. The Balaban J connectivity index is 2.02. The summed E-state index contributed by atoms with van der Waals surface area (Å²) in [4.78, 5) is 18.0. The van der Waals surface area contributed by atoms with Gasteiger partial charge in [0.05, 0.1) is 6.61 Å². The number of amides is 1. The van der Waals surface area contributed by atoms with Gasteiger partial charge in [-0.2, -0.15) is 0 Å². The first-order valence-electron chi connectivity index (χ1n) is 5.39. The number of nitrogens with one attached hydrogen (secondary N) is 1. The highest BCUT2D eigenvalue weighted by Gasteiger charge is 2.31. The molecular formula is C10H17N3O2. The molecule has 0 saturated carbocycles. The monoisotopic (exact) mass is 211 g/mol. The van der Waals surface area contributed by atoms with Crippen LogP contribution in [0, 0.1) is 0 Å². The maximum atomic E-state index is 11.4. The Labute approximate surface area is 89.5 Å². The number of carbonyl (C=O) groups excluding carboxylic acids is 1. The van der Waals surface area contributed by atoms with Crippen molar-refractivity contribution in [2.75, 3.05) is 26.7 Å². The van der Waals surface area contributed by atoms with Gasteiger partial charge >= 0.3 is 0 Å². The van der Waals surface area contributed by atoms with Crippen LogP contribution < -0.4 is 5.32 Å². The lowest BCUT2D eigenvalue weighted by atomic mass is 10.2. The summed E-state index contributed by atoms with van der Waals surface area (Å²) < 4.78 is 5.59. The summed E-state index contributed by atoms with van der Waals surface area (Å²) in [6, 6.07) is -0.212. The maximum Gasteiger partial charge on any atom is 0.250 e. The zero-order valence-electron chi connectivity index (χ0n) is 9.19. The highest BCUT2D eigenvalue weighted by Crippen LogP contribution is 2.11. The van der Waals surface area contributed by atoms with Gasteiger partial charge in [-0.3, -0.25) is 9.79 Å². The van der Waals surface area contributed by atoms with Crippen LogP contribution in [0.5, 0.6) is 0 Å². The zero-order valence-corrected chi connectivity index (χ0v) is 9.19. The summed E-state index contributed by atoms with van der Waals surface area (Å²) in [5.41, 5.74) is 0. The van der Waals surface area contributed by atoms with E-state index in [0.29, 0.717) is 12.4 Å². The van der Waals surface area contributed by atoms with Crippen molar-refractivity contribution in [2.45, 2.75) is 25.5 Å². The lowest BCUT2D eigenvalue weighted by Gasteiger charge is -2.29. The van der Waals surface area contributed by atoms with E-state index in [1.807, 2.05) is 14.0 Å². The molecule has 0 aromatic carbocycles. The number of nitrogens with zero attached hydrogens (tertiary/aromatic N) is 2. The van der Waals surface area contributed by atoms with Crippen molar-refractivity contribution < 1.29 is 9.53 Å². The largest absolute Gasteiger partial charge is 0.368 e. The van der Waals surface area contributed by atoms with E-state index in [-0.39, 0.29) is 18.1 Å². The van der Waals surface area contributed by atoms with E-state index in [0.717, 1.165) is 19.5 Å². The van der Waals surface area contributed by atoms with E-state index in [4.69, 9.17) is 4.74 Å². The van der Waals surface area contributed by atoms with E-state index in [2.05, 4.69) is 15.2 Å². The van der Waals surface area contributed by atoms with Crippen LogP contribution in [-0.2, 0) is 9.53 Å². The molecule has 0 aliphatic carbocycles. The molecule has 2 atom stereocenters. The Kier molecular flexibility index (Phi) is 3.02. The van der Waals surface area contributed by atoms with Gasteiger partial charge in [-0.05, 0) is 13.5 Å². The van der Waals surface area contributed by atoms with Crippen LogP contribution >= 0.6 is 0 Å². The zero-order chi connectivity index (χ0) is 10.8. The number of ether oxygens (including phenoxy) is 1. The molecule has 5 heteroatoms.